The first kappa shape index (κ1) is 18.6. The number of benzene rings is 1. The molecule has 0 radical (unpaired) electrons. The lowest BCUT2D eigenvalue weighted by atomic mass is 10.0. The fourth-order valence-corrected chi connectivity index (χ4v) is 2.08. The molecule has 1 amide bonds. The average molecular weight is 329 g/mol. The second kappa shape index (κ2) is 9.54. The van der Waals surface area contributed by atoms with Crippen LogP contribution < -0.4 is 15.4 Å². The molecular formula is C16H25ClN2O3. The topological polar surface area (TPSA) is 70.6 Å². The van der Waals surface area contributed by atoms with Gasteiger partial charge in [-0.2, -0.15) is 0 Å². The molecule has 0 bridgehead atoms. The summed E-state index contributed by atoms with van der Waals surface area (Å²) in [6.07, 6.45) is 0.686. The minimum absolute atomic E-state index is 0.101. The maximum Gasteiger partial charge on any atom is 0.221 e. The first-order valence-corrected chi connectivity index (χ1v) is 7.87. The van der Waals surface area contributed by atoms with E-state index in [2.05, 4.69) is 10.6 Å². The number of carbonyl (C=O) groups excluding carboxylic acids is 1. The predicted molar refractivity (Wildman–Crippen MR) is 89.6 cm³/mol. The van der Waals surface area contributed by atoms with E-state index in [-0.39, 0.29) is 18.4 Å². The molecule has 0 saturated carbocycles. The first-order valence-electron chi connectivity index (χ1n) is 7.50. The number of ether oxygens (including phenoxy) is 1. The Morgan fingerprint density at radius 1 is 1.45 bits per heavy atom. The van der Waals surface area contributed by atoms with Crippen molar-refractivity contribution in [1.29, 1.82) is 0 Å². The summed E-state index contributed by atoms with van der Waals surface area (Å²) in [5, 5.41) is 16.3. The molecule has 0 spiro atoms. The van der Waals surface area contributed by atoms with E-state index in [1.165, 1.54) is 0 Å². The number of methoxy groups -OCH3 is 1. The van der Waals surface area contributed by atoms with Gasteiger partial charge in [0.1, 0.15) is 5.75 Å². The van der Waals surface area contributed by atoms with E-state index < -0.39 is 6.10 Å². The van der Waals surface area contributed by atoms with Gasteiger partial charge < -0.3 is 20.5 Å². The number of hydrogen-bond acceptors (Lipinski definition) is 4. The highest BCUT2D eigenvalue weighted by Gasteiger charge is 2.13. The molecule has 1 aromatic carbocycles. The molecule has 124 valence electrons. The molecule has 5 nitrogen and oxygen atoms in total. The zero-order chi connectivity index (χ0) is 16.5. The summed E-state index contributed by atoms with van der Waals surface area (Å²) in [6.45, 7) is 4.72. The zero-order valence-corrected chi connectivity index (χ0v) is 14.1. The maximum absolute atomic E-state index is 11.8. The lowest BCUT2D eigenvalue weighted by molar-refractivity contribution is -0.121. The second-order valence-corrected chi connectivity index (χ2v) is 5.71. The Morgan fingerprint density at radius 2 is 2.18 bits per heavy atom. The largest absolute Gasteiger partial charge is 0.495 e. The molecule has 0 aliphatic heterocycles. The van der Waals surface area contributed by atoms with Crippen molar-refractivity contribution >= 4 is 23.2 Å². The number of nitrogens with one attached hydrogen (secondary N) is 2. The van der Waals surface area contributed by atoms with Crippen LogP contribution in [-0.4, -0.2) is 37.3 Å². The molecule has 0 saturated heterocycles. The van der Waals surface area contributed by atoms with Crippen molar-refractivity contribution in [1.82, 2.24) is 5.32 Å². The summed E-state index contributed by atoms with van der Waals surface area (Å²) in [7, 11) is 1.58. The third kappa shape index (κ3) is 6.12. The molecule has 0 heterocycles. The molecule has 0 aliphatic rings. The zero-order valence-electron chi connectivity index (χ0n) is 13.4. The van der Waals surface area contributed by atoms with Gasteiger partial charge in [-0.25, -0.2) is 0 Å². The van der Waals surface area contributed by atoms with Gasteiger partial charge in [-0.15, -0.1) is 0 Å². The summed E-state index contributed by atoms with van der Waals surface area (Å²) in [5.41, 5.74) is 0.752. The van der Waals surface area contributed by atoms with Crippen LogP contribution in [0.1, 0.15) is 26.7 Å². The van der Waals surface area contributed by atoms with Crippen molar-refractivity contribution in [3.63, 3.8) is 0 Å². The molecule has 0 aromatic heterocycles. The number of anilines is 1. The Morgan fingerprint density at radius 3 is 2.82 bits per heavy atom. The molecule has 0 fully saturated rings. The van der Waals surface area contributed by atoms with Crippen LogP contribution in [0.3, 0.4) is 0 Å². The summed E-state index contributed by atoms with van der Waals surface area (Å²) >= 11 is 5.94. The van der Waals surface area contributed by atoms with Crippen LogP contribution in [0.15, 0.2) is 18.2 Å². The quantitative estimate of drug-likeness (QED) is 0.652. The number of rotatable bonds is 9. The Kier molecular flexibility index (Phi) is 8.06. The molecule has 22 heavy (non-hydrogen) atoms. The number of amides is 1. The van der Waals surface area contributed by atoms with Gasteiger partial charge in [0.2, 0.25) is 5.91 Å². The van der Waals surface area contributed by atoms with Crippen LogP contribution in [0.5, 0.6) is 5.75 Å². The summed E-state index contributed by atoms with van der Waals surface area (Å²) in [4.78, 5) is 11.8. The van der Waals surface area contributed by atoms with Crippen molar-refractivity contribution < 1.29 is 14.6 Å². The molecule has 3 N–H and O–H groups in total. The molecule has 2 unspecified atom stereocenters. The maximum atomic E-state index is 11.8. The summed E-state index contributed by atoms with van der Waals surface area (Å²) < 4.78 is 5.22. The molecule has 0 aliphatic carbocycles. The van der Waals surface area contributed by atoms with Gasteiger partial charge in [0, 0.05) is 24.5 Å². The number of hydrogen-bond donors (Lipinski definition) is 3. The van der Waals surface area contributed by atoms with Crippen molar-refractivity contribution in [2.24, 2.45) is 5.92 Å². The van der Waals surface area contributed by atoms with Crippen LogP contribution in [0.2, 0.25) is 5.02 Å². The van der Waals surface area contributed by atoms with Gasteiger partial charge in [0.15, 0.2) is 0 Å². The van der Waals surface area contributed by atoms with E-state index in [0.29, 0.717) is 23.7 Å². The van der Waals surface area contributed by atoms with E-state index in [1.807, 2.05) is 13.8 Å². The Bertz CT molecular complexity index is 482. The van der Waals surface area contributed by atoms with Gasteiger partial charge in [0.05, 0.1) is 18.9 Å². The van der Waals surface area contributed by atoms with Crippen LogP contribution in [-0.2, 0) is 4.79 Å². The van der Waals surface area contributed by atoms with Crippen LogP contribution in [0, 0.1) is 5.92 Å². The minimum Gasteiger partial charge on any atom is -0.495 e. The smallest absolute Gasteiger partial charge is 0.221 e. The SMILES string of the molecule is CCC(C)C(O)CNC(=O)CCNc1cc(Cl)ccc1OC. The van der Waals surface area contributed by atoms with Gasteiger partial charge in [-0.05, 0) is 24.1 Å². The Labute approximate surface area is 137 Å². The van der Waals surface area contributed by atoms with Gasteiger partial charge in [0.25, 0.3) is 0 Å². The highest BCUT2D eigenvalue weighted by molar-refractivity contribution is 6.30. The monoisotopic (exact) mass is 328 g/mol. The molecular weight excluding hydrogens is 304 g/mol. The van der Waals surface area contributed by atoms with Crippen molar-refractivity contribution in [2.75, 3.05) is 25.5 Å². The van der Waals surface area contributed by atoms with Crippen LogP contribution >= 0.6 is 11.6 Å². The van der Waals surface area contributed by atoms with E-state index >= 15 is 0 Å². The molecule has 1 aromatic rings. The number of aliphatic hydroxyl groups excluding tert-OH is 1. The third-order valence-corrected chi connectivity index (χ3v) is 3.87. The minimum atomic E-state index is -0.505. The van der Waals surface area contributed by atoms with Crippen molar-refractivity contribution in [3.8, 4) is 5.75 Å². The fourth-order valence-electron chi connectivity index (χ4n) is 1.91. The summed E-state index contributed by atoms with van der Waals surface area (Å²) in [6, 6.07) is 5.27. The lowest BCUT2D eigenvalue weighted by Gasteiger charge is -2.17. The third-order valence-electron chi connectivity index (χ3n) is 3.64. The van der Waals surface area contributed by atoms with Crippen molar-refractivity contribution in [3.05, 3.63) is 23.2 Å². The highest BCUT2D eigenvalue weighted by atomic mass is 35.5. The molecule has 1 rings (SSSR count). The van der Waals surface area contributed by atoms with E-state index in [1.54, 1.807) is 25.3 Å². The van der Waals surface area contributed by atoms with Crippen LogP contribution in [0.4, 0.5) is 5.69 Å². The predicted octanol–water partition coefficient (Wildman–Crippen LogP) is 2.67. The highest BCUT2D eigenvalue weighted by Crippen LogP contribution is 2.27. The lowest BCUT2D eigenvalue weighted by Crippen LogP contribution is -2.36. The van der Waals surface area contributed by atoms with E-state index in [4.69, 9.17) is 16.3 Å². The van der Waals surface area contributed by atoms with E-state index in [9.17, 15) is 9.90 Å². The van der Waals surface area contributed by atoms with Gasteiger partial charge in [-0.3, -0.25) is 4.79 Å². The van der Waals surface area contributed by atoms with Crippen molar-refractivity contribution in [2.45, 2.75) is 32.8 Å². The van der Waals surface area contributed by atoms with Gasteiger partial charge in [-0.1, -0.05) is 31.9 Å². The molecule has 2 atom stereocenters. The standard InChI is InChI=1S/C16H25ClN2O3/c1-4-11(2)14(20)10-19-16(21)7-8-18-13-9-12(17)5-6-15(13)22-3/h5-6,9,11,14,18,20H,4,7-8,10H2,1-3H3,(H,19,21). The van der Waals surface area contributed by atoms with Crippen LogP contribution in [0.25, 0.3) is 0 Å². The average Bonchev–Trinajstić information content (AvgIpc) is 2.52. The fraction of sp³-hybridized carbons (Fsp3) is 0.562. The number of carbonyl (C=O) groups is 1. The Hall–Kier alpha value is -1.46. The first-order chi connectivity index (χ1) is 10.5. The number of aliphatic hydroxyl groups is 1. The van der Waals surface area contributed by atoms with Gasteiger partial charge >= 0.3 is 0 Å². The normalized spacial score (nSPS) is 13.3. The number of halogens is 1. The Balaban J connectivity index is 2.35. The van der Waals surface area contributed by atoms with E-state index in [0.717, 1.165) is 12.1 Å². The molecule has 6 heteroatoms. The summed E-state index contributed by atoms with van der Waals surface area (Å²) in [5.74, 6) is 0.752. The second-order valence-electron chi connectivity index (χ2n) is 5.28.